The molecule has 8 rings (SSSR count). The number of ketones is 1. The van der Waals surface area contributed by atoms with Gasteiger partial charge >= 0.3 is 0 Å². The molecule has 0 saturated heterocycles. The molecule has 0 fully saturated rings. The minimum absolute atomic E-state index is 0.0140. The molecule has 7 amide bonds. The van der Waals surface area contributed by atoms with Crippen molar-refractivity contribution >= 4 is 58.5 Å². The highest BCUT2D eigenvalue weighted by Gasteiger charge is 2.47. The molecule has 4 aromatic carbocycles. The van der Waals surface area contributed by atoms with E-state index in [1.54, 1.807) is 21.6 Å². The van der Waals surface area contributed by atoms with E-state index in [-0.39, 0.29) is 59.0 Å². The fourth-order valence-electron chi connectivity index (χ4n) is 12.5. The van der Waals surface area contributed by atoms with Crippen molar-refractivity contribution in [2.75, 3.05) is 16.3 Å². The van der Waals surface area contributed by atoms with Crippen LogP contribution in [0.3, 0.4) is 0 Å². The van der Waals surface area contributed by atoms with Crippen LogP contribution in [0.1, 0.15) is 140 Å². The Balaban J connectivity index is 0.000000231. The molecule has 0 spiro atoms. The number of nitrogens with two attached hydrogens (primary N) is 1. The predicted molar refractivity (Wildman–Crippen MR) is 312 cm³/mol. The molecule has 4 aliphatic rings. The predicted octanol–water partition coefficient (Wildman–Crippen LogP) is 8.35. The van der Waals surface area contributed by atoms with Crippen LogP contribution in [0.4, 0.5) is 11.4 Å². The minimum atomic E-state index is -0.801. The van der Waals surface area contributed by atoms with Crippen LogP contribution < -0.4 is 31.5 Å². The topological polar surface area (TPSA) is 208 Å². The van der Waals surface area contributed by atoms with Gasteiger partial charge in [0, 0.05) is 56.1 Å². The summed E-state index contributed by atoms with van der Waals surface area (Å²) in [5.41, 5.74) is 13.3. The lowest BCUT2D eigenvalue weighted by molar-refractivity contribution is -0.137. The lowest BCUT2D eigenvalue weighted by Crippen LogP contribution is -2.56. The van der Waals surface area contributed by atoms with Crippen molar-refractivity contribution < 1.29 is 38.4 Å². The van der Waals surface area contributed by atoms with Crippen LogP contribution in [0, 0.1) is 35.5 Å². The van der Waals surface area contributed by atoms with Gasteiger partial charge in [-0.05, 0) is 110 Å². The first-order valence-electron chi connectivity index (χ1n) is 29.3. The molecule has 0 radical (unpaired) electrons. The highest BCUT2D eigenvalue weighted by Crippen LogP contribution is 2.41. The number of benzene rings is 4. The van der Waals surface area contributed by atoms with Crippen molar-refractivity contribution in [3.8, 4) is 0 Å². The Hall–Kier alpha value is -7.16. The first-order valence-corrected chi connectivity index (χ1v) is 29.3. The summed E-state index contributed by atoms with van der Waals surface area (Å²) in [6.45, 7) is 17.0. The molecule has 4 aromatic rings. The third kappa shape index (κ3) is 14.2. The van der Waals surface area contributed by atoms with Gasteiger partial charge < -0.3 is 26.6 Å². The molecular formula is C65H85N7O8. The second-order valence-electron chi connectivity index (χ2n) is 23.2. The first kappa shape index (κ1) is 60.5. The third-order valence-electron chi connectivity index (χ3n) is 16.4. The van der Waals surface area contributed by atoms with E-state index >= 15 is 0 Å². The Morgan fingerprint density at radius 2 is 1.04 bits per heavy atom. The van der Waals surface area contributed by atoms with Crippen LogP contribution in [-0.2, 0) is 77.1 Å². The van der Waals surface area contributed by atoms with E-state index in [9.17, 15) is 38.4 Å². The lowest BCUT2D eigenvalue weighted by Gasteiger charge is -2.32. The van der Waals surface area contributed by atoms with Crippen molar-refractivity contribution in [1.82, 2.24) is 20.9 Å². The van der Waals surface area contributed by atoms with Crippen LogP contribution >= 0.6 is 0 Å². The van der Waals surface area contributed by atoms with E-state index in [4.69, 9.17) is 5.73 Å². The maximum atomic E-state index is 14.2. The molecule has 80 heavy (non-hydrogen) atoms. The number of para-hydroxylation sites is 2. The van der Waals surface area contributed by atoms with Gasteiger partial charge in [-0.15, -0.1) is 0 Å². The quantitative estimate of drug-likeness (QED) is 0.0566. The summed E-state index contributed by atoms with van der Waals surface area (Å²) in [4.78, 5) is 113. The van der Waals surface area contributed by atoms with Gasteiger partial charge in [-0.3, -0.25) is 48.2 Å². The summed E-state index contributed by atoms with van der Waals surface area (Å²) in [6, 6.07) is 28.5. The Kier molecular flexibility index (Phi) is 21.0. The number of carbonyl (C=O) groups excluding carboxylic acids is 8. The number of primary amides is 1. The van der Waals surface area contributed by atoms with Gasteiger partial charge in [0.15, 0.2) is 0 Å². The average molecular weight is 1090 g/mol. The largest absolute Gasteiger partial charge is 0.369 e. The molecule has 0 aliphatic carbocycles. The molecule has 15 nitrogen and oxygen atoms in total. The maximum Gasteiger partial charge on any atom is 0.250 e. The lowest BCUT2D eigenvalue weighted by atomic mass is 9.80. The van der Waals surface area contributed by atoms with Crippen molar-refractivity contribution in [1.29, 1.82) is 0 Å². The van der Waals surface area contributed by atoms with Crippen LogP contribution in [0.25, 0.3) is 0 Å². The maximum absolute atomic E-state index is 14.2. The van der Waals surface area contributed by atoms with Gasteiger partial charge in [-0.1, -0.05) is 151 Å². The standard InChI is InChI=1S/C34H45N3O4.C31H40N4O4/c1-6-12-27(23(5)38)28(19-22(3)4)32(39)35-29-18-17-25-15-11-16-26-20-30(37(31(25)26)33(29)40)34(41)36(7-2)21-24-13-9-8-10-14-24;1-4-9-23(28(32)36)24(16-19(2)3)29(37)34-25-15-14-21-12-8-13-22-17-26(35(27(21)22)31(25)39)30(38)33-18-20-10-6-5-7-11-20/h8-11,13-16,22,27-30H,6-7,12,17-21H2,1-5H3,(H,35,39);5-8,10-13,19,23-26H,4,9,14-18H2,1-3H3,(H2,32,36)(H,33,38)(H,34,37)/t27-,28-,29+,30+;23-,24+,25-,26-/m10/s1. The number of anilines is 2. The van der Waals surface area contributed by atoms with Crippen molar-refractivity contribution in [2.45, 2.75) is 170 Å². The van der Waals surface area contributed by atoms with E-state index in [0.29, 0.717) is 83.8 Å². The van der Waals surface area contributed by atoms with Crippen LogP contribution in [-0.4, -0.2) is 82.7 Å². The summed E-state index contributed by atoms with van der Waals surface area (Å²) in [7, 11) is 0. The Bertz CT molecular complexity index is 2850. The Morgan fingerprint density at radius 3 is 1.50 bits per heavy atom. The highest BCUT2D eigenvalue weighted by atomic mass is 16.2. The van der Waals surface area contributed by atoms with Crippen LogP contribution in [0.2, 0.25) is 0 Å². The second-order valence-corrected chi connectivity index (χ2v) is 23.2. The minimum Gasteiger partial charge on any atom is -0.369 e. The van der Waals surface area contributed by atoms with E-state index in [0.717, 1.165) is 57.6 Å². The van der Waals surface area contributed by atoms with E-state index in [2.05, 4.69) is 16.0 Å². The summed E-state index contributed by atoms with van der Waals surface area (Å²) in [5, 5.41) is 9.03. The molecule has 4 aliphatic heterocycles. The number of amides is 7. The van der Waals surface area contributed by atoms with Gasteiger partial charge in [0.25, 0.3) is 0 Å². The van der Waals surface area contributed by atoms with Gasteiger partial charge in [0.05, 0.1) is 11.4 Å². The zero-order valence-corrected chi connectivity index (χ0v) is 48.3. The molecule has 4 heterocycles. The van der Waals surface area contributed by atoms with Gasteiger partial charge in [-0.2, -0.15) is 0 Å². The zero-order chi connectivity index (χ0) is 57.8. The molecule has 5 N–H and O–H groups in total. The number of likely N-dealkylation sites (N-methyl/N-ethyl adjacent to an activating group) is 1. The molecule has 8 atom stereocenters. The van der Waals surface area contributed by atoms with E-state index in [1.807, 2.05) is 146 Å². The molecule has 0 bridgehead atoms. The van der Waals surface area contributed by atoms with Gasteiger partial charge in [0.1, 0.15) is 30.0 Å². The number of aryl methyl sites for hydroxylation is 2. The van der Waals surface area contributed by atoms with Gasteiger partial charge in [-0.25, -0.2) is 0 Å². The smallest absolute Gasteiger partial charge is 0.250 e. The highest BCUT2D eigenvalue weighted by molar-refractivity contribution is 6.09. The third-order valence-corrected chi connectivity index (χ3v) is 16.4. The van der Waals surface area contributed by atoms with Crippen molar-refractivity contribution in [3.05, 3.63) is 130 Å². The monoisotopic (exact) mass is 1090 g/mol. The second kappa shape index (κ2) is 27.8. The summed E-state index contributed by atoms with van der Waals surface area (Å²) in [5.74, 6) is -3.54. The van der Waals surface area contributed by atoms with Crippen LogP contribution in [0.5, 0.6) is 0 Å². The molecule has 0 unspecified atom stereocenters. The van der Waals surface area contributed by atoms with Crippen molar-refractivity contribution in [3.63, 3.8) is 0 Å². The Morgan fingerprint density at radius 1 is 0.588 bits per heavy atom. The summed E-state index contributed by atoms with van der Waals surface area (Å²) >= 11 is 0. The number of nitrogens with zero attached hydrogens (tertiary/aromatic N) is 3. The number of Topliss-reactive ketones (excluding diaryl/α,β-unsaturated/α-hetero) is 1. The summed E-state index contributed by atoms with van der Waals surface area (Å²) < 4.78 is 0. The number of hydrogen-bond donors (Lipinski definition) is 4. The van der Waals surface area contributed by atoms with Crippen LogP contribution in [0.15, 0.2) is 97.1 Å². The first-order chi connectivity index (χ1) is 38.4. The van der Waals surface area contributed by atoms with E-state index in [1.165, 1.54) is 0 Å². The molecule has 0 saturated carbocycles. The number of rotatable bonds is 23. The normalized spacial score (nSPS) is 19.5. The molecule has 428 valence electrons. The number of hydrogen-bond acceptors (Lipinski definition) is 8. The average Bonchev–Trinajstić information content (AvgIpc) is 3.98. The fourth-order valence-corrected chi connectivity index (χ4v) is 12.5. The molecular weight excluding hydrogens is 1010 g/mol. The zero-order valence-electron chi connectivity index (χ0n) is 48.3. The van der Waals surface area contributed by atoms with Gasteiger partial charge in [0.2, 0.25) is 41.4 Å². The molecule has 15 heteroatoms. The Labute approximate surface area is 473 Å². The van der Waals surface area contributed by atoms with E-state index < -0.39 is 47.8 Å². The molecule has 0 aromatic heterocycles. The summed E-state index contributed by atoms with van der Waals surface area (Å²) in [6.07, 6.45) is 6.74. The number of nitrogens with one attached hydrogen (secondary N) is 3. The number of carbonyl (C=O) groups is 8. The fraction of sp³-hybridized carbons (Fsp3) is 0.508. The SMILES string of the molecule is CCC[C@H](C(C)=O)[C@@H](CC(C)C)C(=O)N[C@H]1CCc2cccc3c2N(C1=O)[C@H](C(=O)N(CC)Cc1ccccc1)C3.CCC[C@H](C(N)=O)[C@@H](CC(C)C)C(=O)N[C@H]1CCc2cccc3c2N(C1=O)[C@H](C(=O)NCc1ccccc1)C3. The van der Waals surface area contributed by atoms with Crippen molar-refractivity contribution in [2.24, 2.45) is 41.2 Å².